The van der Waals surface area contributed by atoms with Crippen LogP contribution in [0.1, 0.15) is 36.2 Å². The van der Waals surface area contributed by atoms with Crippen LogP contribution in [0.3, 0.4) is 0 Å². The number of hydrogen-bond acceptors (Lipinski definition) is 5. The van der Waals surface area contributed by atoms with Gasteiger partial charge in [-0.3, -0.25) is 0 Å². The van der Waals surface area contributed by atoms with Gasteiger partial charge in [-0.1, -0.05) is 18.1 Å². The van der Waals surface area contributed by atoms with Gasteiger partial charge in [0.15, 0.2) is 5.82 Å². The summed E-state index contributed by atoms with van der Waals surface area (Å²) in [6, 6.07) is 6.13. The van der Waals surface area contributed by atoms with Gasteiger partial charge >= 0.3 is 6.03 Å². The summed E-state index contributed by atoms with van der Waals surface area (Å²) in [5.41, 5.74) is 3.62. The Hall–Kier alpha value is -2.41. The van der Waals surface area contributed by atoms with E-state index < -0.39 is 0 Å². The first-order chi connectivity index (χ1) is 12.7. The molecular formula is C19H24N4O3. The first-order valence-electron chi connectivity index (χ1n) is 9.32. The Bertz CT molecular complexity index is 789. The van der Waals surface area contributed by atoms with Gasteiger partial charge in [0.2, 0.25) is 5.89 Å². The number of anilines is 1. The summed E-state index contributed by atoms with van der Waals surface area (Å²) in [4.78, 5) is 18.7. The Morgan fingerprint density at radius 3 is 3.08 bits per heavy atom. The fourth-order valence-electron chi connectivity index (χ4n) is 3.60. The number of carbonyl (C=O) groups excluding carboxylic acids is 1. The molecule has 1 fully saturated rings. The minimum Gasteiger partial charge on any atom is -0.374 e. The van der Waals surface area contributed by atoms with Crippen molar-refractivity contribution in [1.82, 2.24) is 15.0 Å². The number of aryl methyl sites for hydroxylation is 3. The van der Waals surface area contributed by atoms with Crippen molar-refractivity contribution in [2.45, 2.75) is 45.1 Å². The fraction of sp³-hybridized carbons (Fsp3) is 0.526. The molecule has 0 unspecified atom stereocenters. The van der Waals surface area contributed by atoms with Crippen LogP contribution in [0.25, 0.3) is 0 Å². The van der Waals surface area contributed by atoms with E-state index in [1.165, 1.54) is 17.5 Å². The van der Waals surface area contributed by atoms with Gasteiger partial charge < -0.3 is 19.5 Å². The van der Waals surface area contributed by atoms with E-state index in [0.717, 1.165) is 18.5 Å². The second kappa shape index (κ2) is 7.45. The highest BCUT2D eigenvalue weighted by atomic mass is 16.5. The van der Waals surface area contributed by atoms with E-state index >= 15 is 0 Å². The molecule has 1 aliphatic carbocycles. The van der Waals surface area contributed by atoms with Crippen molar-refractivity contribution in [1.29, 1.82) is 0 Å². The fourth-order valence-corrected chi connectivity index (χ4v) is 3.60. The molecule has 26 heavy (non-hydrogen) atoms. The molecule has 0 radical (unpaired) electrons. The van der Waals surface area contributed by atoms with Crippen molar-refractivity contribution in [3.63, 3.8) is 0 Å². The Labute approximate surface area is 152 Å². The lowest BCUT2D eigenvalue weighted by Gasteiger charge is -2.32. The number of ether oxygens (including phenoxy) is 1. The maximum atomic E-state index is 12.6. The molecule has 1 aromatic carbocycles. The number of rotatable bonds is 4. The number of urea groups is 1. The van der Waals surface area contributed by atoms with Crippen molar-refractivity contribution in [3.05, 3.63) is 41.0 Å². The predicted octanol–water partition coefficient (Wildman–Crippen LogP) is 2.60. The molecule has 0 bridgehead atoms. The van der Waals surface area contributed by atoms with Gasteiger partial charge in [0.05, 0.1) is 12.7 Å². The smallest absolute Gasteiger partial charge is 0.322 e. The Morgan fingerprint density at radius 2 is 2.23 bits per heavy atom. The van der Waals surface area contributed by atoms with E-state index in [4.69, 9.17) is 9.26 Å². The minimum atomic E-state index is -0.114. The first kappa shape index (κ1) is 17.0. The van der Waals surface area contributed by atoms with Crippen LogP contribution in [0, 0.1) is 0 Å². The summed E-state index contributed by atoms with van der Waals surface area (Å²) in [7, 11) is 0. The molecule has 4 rings (SSSR count). The monoisotopic (exact) mass is 356 g/mol. The number of morpholine rings is 1. The van der Waals surface area contributed by atoms with E-state index in [1.807, 2.05) is 13.0 Å². The highest BCUT2D eigenvalue weighted by molar-refractivity contribution is 5.89. The number of amides is 2. The molecular weight excluding hydrogens is 332 g/mol. The van der Waals surface area contributed by atoms with Crippen molar-refractivity contribution in [2.24, 2.45) is 0 Å². The summed E-state index contributed by atoms with van der Waals surface area (Å²) in [6.45, 7) is 3.59. The van der Waals surface area contributed by atoms with Crippen LogP contribution < -0.4 is 5.32 Å². The molecule has 2 amide bonds. The van der Waals surface area contributed by atoms with Crippen LogP contribution in [0.4, 0.5) is 10.5 Å². The molecule has 138 valence electrons. The highest BCUT2D eigenvalue weighted by Gasteiger charge is 2.26. The lowest BCUT2D eigenvalue weighted by atomic mass is 10.1. The summed E-state index contributed by atoms with van der Waals surface area (Å²) >= 11 is 0. The van der Waals surface area contributed by atoms with Crippen molar-refractivity contribution in [2.75, 3.05) is 25.0 Å². The molecule has 1 aliphatic heterocycles. The molecule has 1 aromatic heterocycles. The third-order valence-corrected chi connectivity index (χ3v) is 5.00. The van der Waals surface area contributed by atoms with Gasteiger partial charge in [-0.15, -0.1) is 0 Å². The molecule has 7 heteroatoms. The van der Waals surface area contributed by atoms with Crippen LogP contribution >= 0.6 is 0 Å². The molecule has 0 spiro atoms. The van der Waals surface area contributed by atoms with Crippen LogP contribution in [-0.4, -0.2) is 46.9 Å². The van der Waals surface area contributed by atoms with Crippen LogP contribution in [0.15, 0.2) is 22.7 Å². The Kier molecular flexibility index (Phi) is 4.88. The summed E-state index contributed by atoms with van der Waals surface area (Å²) in [6.07, 6.45) is 4.60. The van der Waals surface area contributed by atoms with Crippen LogP contribution in [0.5, 0.6) is 0 Å². The summed E-state index contributed by atoms with van der Waals surface area (Å²) < 4.78 is 10.9. The molecule has 7 nitrogen and oxygen atoms in total. The van der Waals surface area contributed by atoms with Gasteiger partial charge in [0.1, 0.15) is 0 Å². The van der Waals surface area contributed by atoms with E-state index in [1.54, 1.807) is 4.90 Å². The molecule has 0 saturated carbocycles. The zero-order valence-electron chi connectivity index (χ0n) is 15.0. The van der Waals surface area contributed by atoms with E-state index in [2.05, 4.69) is 27.6 Å². The number of benzene rings is 1. The third kappa shape index (κ3) is 3.72. The third-order valence-electron chi connectivity index (χ3n) is 5.00. The largest absolute Gasteiger partial charge is 0.374 e. The topological polar surface area (TPSA) is 80.5 Å². The predicted molar refractivity (Wildman–Crippen MR) is 96.2 cm³/mol. The Morgan fingerprint density at radius 1 is 1.35 bits per heavy atom. The highest BCUT2D eigenvalue weighted by Crippen LogP contribution is 2.25. The molecule has 2 heterocycles. The SMILES string of the molecule is CCc1nc(C[C@@H]2CN(C(=O)Nc3ccc4c(c3)CCC4)CCO2)no1. The van der Waals surface area contributed by atoms with E-state index in [-0.39, 0.29) is 12.1 Å². The molecule has 2 aliphatic rings. The zero-order chi connectivity index (χ0) is 17.9. The van der Waals surface area contributed by atoms with Gasteiger partial charge in [0, 0.05) is 31.6 Å². The number of nitrogens with one attached hydrogen (secondary N) is 1. The summed E-state index contributed by atoms with van der Waals surface area (Å²) in [5, 5.41) is 6.99. The second-order valence-electron chi connectivity index (χ2n) is 6.87. The number of nitrogens with zero attached hydrogens (tertiary/aromatic N) is 3. The van der Waals surface area contributed by atoms with Gasteiger partial charge in [0.25, 0.3) is 0 Å². The lowest BCUT2D eigenvalue weighted by molar-refractivity contribution is -0.0125. The normalized spacial score (nSPS) is 19.4. The zero-order valence-corrected chi connectivity index (χ0v) is 15.0. The number of aromatic nitrogens is 2. The van der Waals surface area contributed by atoms with Crippen molar-refractivity contribution < 1.29 is 14.1 Å². The lowest BCUT2D eigenvalue weighted by Crippen LogP contribution is -2.48. The summed E-state index contributed by atoms with van der Waals surface area (Å²) in [5.74, 6) is 1.26. The van der Waals surface area contributed by atoms with Crippen LogP contribution in [-0.2, 0) is 30.4 Å². The van der Waals surface area contributed by atoms with E-state index in [0.29, 0.717) is 44.3 Å². The molecule has 2 aromatic rings. The molecule has 1 atom stereocenters. The van der Waals surface area contributed by atoms with Gasteiger partial charge in [-0.2, -0.15) is 4.98 Å². The molecule has 1 saturated heterocycles. The Balaban J connectivity index is 1.35. The molecule has 1 N–H and O–H groups in total. The van der Waals surface area contributed by atoms with Gasteiger partial charge in [-0.05, 0) is 42.5 Å². The first-order valence-corrected chi connectivity index (χ1v) is 9.32. The quantitative estimate of drug-likeness (QED) is 0.911. The van der Waals surface area contributed by atoms with E-state index in [9.17, 15) is 4.79 Å². The van der Waals surface area contributed by atoms with Gasteiger partial charge in [-0.25, -0.2) is 4.79 Å². The minimum absolute atomic E-state index is 0.0846. The van der Waals surface area contributed by atoms with Crippen LogP contribution in [0.2, 0.25) is 0 Å². The average molecular weight is 356 g/mol. The average Bonchev–Trinajstić information content (AvgIpc) is 3.30. The maximum Gasteiger partial charge on any atom is 0.322 e. The maximum absolute atomic E-state index is 12.6. The number of hydrogen-bond donors (Lipinski definition) is 1. The number of fused-ring (bicyclic) bond motifs is 1. The second-order valence-corrected chi connectivity index (χ2v) is 6.87. The number of carbonyl (C=O) groups is 1. The van der Waals surface area contributed by atoms with Crippen molar-refractivity contribution >= 4 is 11.7 Å². The standard InChI is InChI=1S/C19H24N4O3/c1-2-18-21-17(22-26-18)11-16-12-23(8-9-25-16)19(24)20-15-7-6-13-4-3-5-14(13)10-15/h6-7,10,16H,2-5,8-9,11-12H2,1H3,(H,20,24)/t16-/m1/s1. The van der Waals surface area contributed by atoms with Crippen molar-refractivity contribution in [3.8, 4) is 0 Å².